The number of nitrogens with two attached hydrogens (primary N) is 2. The first-order valence-electron chi connectivity index (χ1n) is 8.38. The predicted octanol–water partition coefficient (Wildman–Crippen LogP) is 1.17. The van der Waals surface area contributed by atoms with E-state index < -0.39 is 23.8 Å². The monoisotopic (exact) mass is 394 g/mol. The predicted molar refractivity (Wildman–Crippen MR) is 104 cm³/mol. The second-order valence-electron chi connectivity index (χ2n) is 5.78. The van der Waals surface area contributed by atoms with E-state index in [0.29, 0.717) is 17.9 Å². The van der Waals surface area contributed by atoms with Crippen LogP contribution in [0.4, 0.5) is 0 Å². The molecule has 0 aromatic heterocycles. The third-order valence-corrected chi connectivity index (χ3v) is 3.46. The third-order valence-electron chi connectivity index (χ3n) is 3.46. The number of carbonyl (C=O) groups is 4. The van der Waals surface area contributed by atoms with Gasteiger partial charge in [-0.2, -0.15) is 0 Å². The van der Waals surface area contributed by atoms with Crippen molar-refractivity contribution in [3.8, 4) is 11.5 Å². The molecule has 0 saturated heterocycles. The molecule has 2 amide bonds. The van der Waals surface area contributed by atoms with Gasteiger partial charge in [0.15, 0.2) is 0 Å². The van der Waals surface area contributed by atoms with Gasteiger partial charge in [-0.1, -0.05) is 24.3 Å². The van der Waals surface area contributed by atoms with Gasteiger partial charge in [0.2, 0.25) is 11.8 Å². The molecule has 8 heteroatoms. The van der Waals surface area contributed by atoms with Crippen molar-refractivity contribution in [2.75, 3.05) is 0 Å². The number of carbonyl (C=O) groups excluding carboxylic acids is 4. The number of amides is 2. The SMILES string of the molecule is NC(=O)/C=C\C(=O)Oc1ccc(Cc2ccc(OC(=O)/C=C\C(N)=O)cc2)cc1. The van der Waals surface area contributed by atoms with Gasteiger partial charge in [0.1, 0.15) is 11.5 Å². The second kappa shape index (κ2) is 10.2. The van der Waals surface area contributed by atoms with Crippen LogP contribution in [0.15, 0.2) is 72.8 Å². The summed E-state index contributed by atoms with van der Waals surface area (Å²) in [6.45, 7) is 0. The summed E-state index contributed by atoms with van der Waals surface area (Å²) >= 11 is 0. The summed E-state index contributed by atoms with van der Waals surface area (Å²) < 4.78 is 10.1. The van der Waals surface area contributed by atoms with Crippen LogP contribution in [-0.4, -0.2) is 23.8 Å². The van der Waals surface area contributed by atoms with E-state index in [1.807, 2.05) is 0 Å². The van der Waals surface area contributed by atoms with Gasteiger partial charge in [-0.3, -0.25) is 9.59 Å². The van der Waals surface area contributed by atoms with Gasteiger partial charge in [-0.25, -0.2) is 9.59 Å². The van der Waals surface area contributed by atoms with E-state index >= 15 is 0 Å². The van der Waals surface area contributed by atoms with Gasteiger partial charge in [0.05, 0.1) is 0 Å². The maximum Gasteiger partial charge on any atom is 0.336 e. The summed E-state index contributed by atoms with van der Waals surface area (Å²) in [6, 6.07) is 13.7. The van der Waals surface area contributed by atoms with Crippen LogP contribution in [0.3, 0.4) is 0 Å². The van der Waals surface area contributed by atoms with Crippen molar-refractivity contribution in [3.63, 3.8) is 0 Å². The molecule has 0 aliphatic heterocycles. The molecule has 2 aromatic carbocycles. The second-order valence-corrected chi connectivity index (χ2v) is 5.78. The van der Waals surface area contributed by atoms with Crippen LogP contribution in [0.1, 0.15) is 11.1 Å². The minimum atomic E-state index is -0.736. The Morgan fingerprint density at radius 1 is 0.621 bits per heavy atom. The highest BCUT2D eigenvalue weighted by Crippen LogP contribution is 2.18. The molecule has 2 rings (SSSR count). The van der Waals surface area contributed by atoms with Gasteiger partial charge in [0, 0.05) is 24.3 Å². The Kier molecular flexibility index (Phi) is 7.43. The average molecular weight is 394 g/mol. The van der Waals surface area contributed by atoms with Crippen LogP contribution >= 0.6 is 0 Å². The van der Waals surface area contributed by atoms with Crippen molar-refractivity contribution in [2.24, 2.45) is 11.5 Å². The molecule has 0 heterocycles. The van der Waals surface area contributed by atoms with Gasteiger partial charge in [-0.05, 0) is 41.8 Å². The molecule has 0 radical (unpaired) electrons. The molecular formula is C21H18N2O6. The molecule has 29 heavy (non-hydrogen) atoms. The first kappa shape index (κ1) is 21.1. The maximum atomic E-state index is 11.5. The largest absolute Gasteiger partial charge is 0.423 e. The summed E-state index contributed by atoms with van der Waals surface area (Å²) in [5.74, 6) is -2.21. The summed E-state index contributed by atoms with van der Waals surface area (Å²) in [7, 11) is 0. The zero-order valence-corrected chi connectivity index (χ0v) is 15.2. The van der Waals surface area contributed by atoms with Gasteiger partial charge < -0.3 is 20.9 Å². The zero-order valence-electron chi connectivity index (χ0n) is 15.2. The van der Waals surface area contributed by atoms with E-state index in [4.69, 9.17) is 20.9 Å². The minimum Gasteiger partial charge on any atom is -0.423 e. The number of hydrogen-bond acceptors (Lipinski definition) is 6. The number of hydrogen-bond donors (Lipinski definition) is 2. The van der Waals surface area contributed by atoms with Crippen LogP contribution in [-0.2, 0) is 25.6 Å². The quantitative estimate of drug-likeness (QED) is 0.391. The van der Waals surface area contributed by atoms with E-state index in [9.17, 15) is 19.2 Å². The van der Waals surface area contributed by atoms with Crippen LogP contribution in [0.2, 0.25) is 0 Å². The number of esters is 2. The fourth-order valence-electron chi connectivity index (χ4n) is 2.19. The summed E-state index contributed by atoms with van der Waals surface area (Å²) in [4.78, 5) is 44.2. The highest BCUT2D eigenvalue weighted by molar-refractivity contribution is 5.94. The highest BCUT2D eigenvalue weighted by Gasteiger charge is 2.04. The first-order chi connectivity index (χ1) is 13.8. The molecule has 0 fully saturated rings. The van der Waals surface area contributed by atoms with Crippen LogP contribution in [0.25, 0.3) is 0 Å². The van der Waals surface area contributed by atoms with E-state index in [1.165, 1.54) is 0 Å². The van der Waals surface area contributed by atoms with Crippen LogP contribution in [0, 0.1) is 0 Å². The van der Waals surface area contributed by atoms with E-state index in [2.05, 4.69) is 0 Å². The lowest BCUT2D eigenvalue weighted by atomic mass is 10.0. The Labute approximate surface area is 166 Å². The van der Waals surface area contributed by atoms with Crippen molar-refractivity contribution in [2.45, 2.75) is 6.42 Å². The van der Waals surface area contributed by atoms with Crippen molar-refractivity contribution in [3.05, 3.63) is 84.0 Å². The van der Waals surface area contributed by atoms with E-state index in [1.54, 1.807) is 48.5 Å². The molecule has 4 N–H and O–H groups in total. The fourth-order valence-corrected chi connectivity index (χ4v) is 2.19. The number of benzene rings is 2. The van der Waals surface area contributed by atoms with Crippen molar-refractivity contribution in [1.29, 1.82) is 0 Å². The Bertz CT molecular complexity index is 880. The highest BCUT2D eigenvalue weighted by atomic mass is 16.5. The van der Waals surface area contributed by atoms with E-state index in [-0.39, 0.29) is 0 Å². The average Bonchev–Trinajstić information content (AvgIpc) is 2.68. The third kappa shape index (κ3) is 7.92. The fraction of sp³-hybridized carbons (Fsp3) is 0.0476. The molecule has 0 bridgehead atoms. The Hall–Kier alpha value is -4.20. The standard InChI is InChI=1S/C21H18N2O6/c22-18(24)9-11-20(26)28-16-5-1-14(2-6-16)13-15-3-7-17(8-4-15)29-21(27)12-10-19(23)25/h1-12H,13H2,(H2,22,24)(H2,23,25)/b11-9-,12-10-. The van der Waals surface area contributed by atoms with Crippen molar-refractivity contribution >= 4 is 23.8 Å². The molecule has 0 atom stereocenters. The summed E-state index contributed by atoms with van der Waals surface area (Å²) in [6.07, 6.45) is 4.35. The van der Waals surface area contributed by atoms with Gasteiger partial charge in [0.25, 0.3) is 0 Å². The lowest BCUT2D eigenvalue weighted by Gasteiger charge is -2.06. The number of primary amides is 2. The van der Waals surface area contributed by atoms with Gasteiger partial charge >= 0.3 is 11.9 Å². The van der Waals surface area contributed by atoms with Crippen molar-refractivity contribution < 1.29 is 28.7 Å². The molecule has 0 saturated carbocycles. The van der Waals surface area contributed by atoms with Crippen LogP contribution < -0.4 is 20.9 Å². The lowest BCUT2D eigenvalue weighted by Crippen LogP contribution is -2.09. The van der Waals surface area contributed by atoms with Crippen molar-refractivity contribution in [1.82, 2.24) is 0 Å². The molecule has 0 spiro atoms. The van der Waals surface area contributed by atoms with Crippen LogP contribution in [0.5, 0.6) is 11.5 Å². The molecule has 8 nitrogen and oxygen atoms in total. The molecule has 0 aliphatic rings. The Morgan fingerprint density at radius 3 is 1.28 bits per heavy atom. The topological polar surface area (TPSA) is 139 Å². The minimum absolute atomic E-state index is 0.333. The summed E-state index contributed by atoms with van der Waals surface area (Å²) in [5, 5.41) is 0. The Morgan fingerprint density at radius 2 is 0.966 bits per heavy atom. The Balaban J connectivity index is 1.91. The molecule has 2 aromatic rings. The number of ether oxygens (including phenoxy) is 2. The molecular weight excluding hydrogens is 376 g/mol. The normalized spacial score (nSPS) is 10.8. The zero-order chi connectivity index (χ0) is 21.2. The molecule has 148 valence electrons. The smallest absolute Gasteiger partial charge is 0.336 e. The maximum absolute atomic E-state index is 11.5. The molecule has 0 unspecified atom stereocenters. The molecule has 0 aliphatic carbocycles. The first-order valence-corrected chi connectivity index (χ1v) is 8.38. The number of rotatable bonds is 8. The van der Waals surface area contributed by atoms with E-state index in [0.717, 1.165) is 35.4 Å². The van der Waals surface area contributed by atoms with Gasteiger partial charge in [-0.15, -0.1) is 0 Å². The summed E-state index contributed by atoms with van der Waals surface area (Å²) in [5.41, 5.74) is 11.7. The lowest BCUT2D eigenvalue weighted by molar-refractivity contribution is -0.130.